The Morgan fingerprint density at radius 2 is 0.902 bits per heavy atom. The van der Waals surface area contributed by atoms with E-state index in [1.807, 2.05) is 0 Å². The van der Waals surface area contributed by atoms with Crippen LogP contribution in [-0.4, -0.2) is 104 Å². The number of aliphatic hydroxyl groups is 6. The van der Waals surface area contributed by atoms with Crippen molar-refractivity contribution in [3.8, 4) is 0 Å². The van der Waals surface area contributed by atoms with Gasteiger partial charge in [0, 0.05) is 19.3 Å². The lowest BCUT2D eigenvalue weighted by molar-refractivity contribution is -0.303. The van der Waals surface area contributed by atoms with E-state index >= 15 is 0 Å². The summed E-state index contributed by atoms with van der Waals surface area (Å²) in [6, 6.07) is -1.01. The van der Waals surface area contributed by atoms with E-state index in [4.69, 9.17) is 9.47 Å². The van der Waals surface area contributed by atoms with Crippen LogP contribution in [0.5, 0.6) is 0 Å². The number of nitrogens with one attached hydrogen (secondary N) is 1. The third-order valence-corrected chi connectivity index (χ3v) is 12.7. The summed E-state index contributed by atoms with van der Waals surface area (Å²) < 4.78 is 11.2. The Bertz CT molecular complexity index is 1000. The van der Waals surface area contributed by atoms with E-state index in [0.717, 1.165) is 77.0 Å². The first-order chi connectivity index (χ1) is 29.7. The number of rotatable bonds is 44. The van der Waals surface area contributed by atoms with Crippen LogP contribution in [0.25, 0.3) is 0 Å². The quantitative estimate of drug-likeness (QED) is 0.0291. The van der Waals surface area contributed by atoms with Crippen LogP contribution in [0.1, 0.15) is 245 Å². The summed E-state index contributed by atoms with van der Waals surface area (Å²) in [4.78, 5) is 25.4. The van der Waals surface area contributed by atoms with Crippen LogP contribution in [0.4, 0.5) is 0 Å². The topological polar surface area (TPSA) is 186 Å². The molecular formula is C50H97NO10. The lowest BCUT2D eigenvalue weighted by Gasteiger charge is -2.40. The third-order valence-electron chi connectivity index (χ3n) is 12.7. The Morgan fingerprint density at radius 3 is 1.31 bits per heavy atom. The number of ether oxygens (including phenoxy) is 2. The van der Waals surface area contributed by atoms with Gasteiger partial charge in [0.1, 0.15) is 36.3 Å². The SMILES string of the molecule is CCCCCCCCCCCCCCCC(=O)CCCCCCCCCC(=O)N[C@@H](CO[C@H]1OC(CO)[C@H](O)[C@H](O)C1O)[C@H](O)[C@H](O)CCCCCCCCCCCCCC. The van der Waals surface area contributed by atoms with Crippen LogP contribution in [0.15, 0.2) is 0 Å². The van der Waals surface area contributed by atoms with Gasteiger partial charge in [-0.1, -0.05) is 200 Å². The number of amides is 1. The lowest BCUT2D eigenvalue weighted by atomic mass is 9.98. The van der Waals surface area contributed by atoms with Crippen LogP contribution in [-0.2, 0) is 19.1 Å². The Kier molecular flexibility index (Phi) is 38.2. The molecule has 0 aromatic heterocycles. The molecule has 2 unspecified atom stereocenters. The molecule has 0 spiro atoms. The van der Waals surface area contributed by atoms with Crippen molar-refractivity contribution >= 4 is 11.7 Å². The van der Waals surface area contributed by atoms with Gasteiger partial charge in [0.05, 0.1) is 25.4 Å². The summed E-state index contributed by atoms with van der Waals surface area (Å²) >= 11 is 0. The minimum atomic E-state index is -1.62. The first-order valence-electron chi connectivity index (χ1n) is 25.7. The number of hydrogen-bond acceptors (Lipinski definition) is 10. The van der Waals surface area contributed by atoms with Gasteiger partial charge >= 0.3 is 0 Å². The fraction of sp³-hybridized carbons (Fsp3) is 0.960. The molecule has 1 heterocycles. The number of carbonyl (C=O) groups excluding carboxylic acids is 2. The number of ketones is 1. The molecular weight excluding hydrogens is 775 g/mol. The van der Waals surface area contributed by atoms with Crippen molar-refractivity contribution in [2.75, 3.05) is 13.2 Å². The van der Waals surface area contributed by atoms with E-state index in [1.165, 1.54) is 128 Å². The lowest BCUT2D eigenvalue weighted by Crippen LogP contribution is -2.60. The van der Waals surface area contributed by atoms with Crippen molar-refractivity contribution in [3.05, 3.63) is 0 Å². The fourth-order valence-corrected chi connectivity index (χ4v) is 8.50. The van der Waals surface area contributed by atoms with Crippen molar-refractivity contribution in [1.82, 2.24) is 5.32 Å². The van der Waals surface area contributed by atoms with Crippen LogP contribution >= 0.6 is 0 Å². The van der Waals surface area contributed by atoms with Crippen molar-refractivity contribution in [2.24, 2.45) is 0 Å². The van der Waals surface area contributed by atoms with Gasteiger partial charge in [-0.15, -0.1) is 0 Å². The summed E-state index contributed by atoms with van der Waals surface area (Å²) in [5, 5.41) is 65.2. The maximum absolute atomic E-state index is 13.0. The Labute approximate surface area is 372 Å². The van der Waals surface area contributed by atoms with Gasteiger partial charge in [-0.05, 0) is 25.7 Å². The minimum Gasteiger partial charge on any atom is -0.394 e. The van der Waals surface area contributed by atoms with Gasteiger partial charge < -0.3 is 45.4 Å². The third kappa shape index (κ3) is 30.6. The summed E-state index contributed by atoms with van der Waals surface area (Å²) in [6.45, 7) is 3.57. The number of Topliss-reactive ketones (excluding diaryl/α,β-unsaturated/α-hetero) is 1. The van der Waals surface area contributed by atoms with Crippen LogP contribution in [0.2, 0.25) is 0 Å². The maximum atomic E-state index is 13.0. The van der Waals surface area contributed by atoms with Crippen LogP contribution in [0, 0.1) is 0 Å². The van der Waals surface area contributed by atoms with E-state index in [2.05, 4.69) is 19.2 Å². The van der Waals surface area contributed by atoms with E-state index < -0.39 is 55.6 Å². The molecule has 11 nitrogen and oxygen atoms in total. The highest BCUT2D eigenvalue weighted by Crippen LogP contribution is 2.23. The molecule has 0 saturated carbocycles. The minimum absolute atomic E-state index is 0.242. The molecule has 362 valence electrons. The summed E-state index contributed by atoms with van der Waals surface area (Å²) in [7, 11) is 0. The van der Waals surface area contributed by atoms with Crippen molar-refractivity contribution < 1.29 is 49.7 Å². The molecule has 1 rings (SSSR count). The zero-order valence-corrected chi connectivity index (χ0v) is 39.3. The molecule has 1 amide bonds. The molecule has 11 heteroatoms. The molecule has 0 radical (unpaired) electrons. The number of hydrogen-bond donors (Lipinski definition) is 7. The molecule has 8 atom stereocenters. The zero-order chi connectivity index (χ0) is 44.8. The van der Waals surface area contributed by atoms with Crippen LogP contribution < -0.4 is 5.32 Å². The predicted octanol–water partition coefficient (Wildman–Crippen LogP) is 9.66. The largest absolute Gasteiger partial charge is 0.394 e. The second-order valence-electron chi connectivity index (χ2n) is 18.4. The number of carbonyl (C=O) groups is 2. The second kappa shape index (κ2) is 40.3. The monoisotopic (exact) mass is 872 g/mol. The second-order valence-corrected chi connectivity index (χ2v) is 18.4. The smallest absolute Gasteiger partial charge is 0.220 e. The van der Waals surface area contributed by atoms with E-state index in [9.17, 15) is 40.2 Å². The Morgan fingerprint density at radius 1 is 0.525 bits per heavy atom. The maximum Gasteiger partial charge on any atom is 0.220 e. The molecule has 1 aliphatic heterocycles. The molecule has 1 saturated heterocycles. The van der Waals surface area contributed by atoms with E-state index in [-0.39, 0.29) is 18.9 Å². The van der Waals surface area contributed by atoms with Crippen molar-refractivity contribution in [2.45, 2.75) is 294 Å². The van der Waals surface area contributed by atoms with Gasteiger partial charge in [0.15, 0.2) is 6.29 Å². The van der Waals surface area contributed by atoms with Crippen molar-refractivity contribution in [1.29, 1.82) is 0 Å². The average molecular weight is 872 g/mol. The zero-order valence-electron chi connectivity index (χ0n) is 39.3. The van der Waals surface area contributed by atoms with Gasteiger partial charge in [-0.3, -0.25) is 9.59 Å². The van der Waals surface area contributed by atoms with Gasteiger partial charge in [-0.2, -0.15) is 0 Å². The number of unbranched alkanes of at least 4 members (excludes halogenated alkanes) is 29. The number of aliphatic hydroxyl groups excluding tert-OH is 6. The fourth-order valence-electron chi connectivity index (χ4n) is 8.50. The average Bonchev–Trinajstić information content (AvgIpc) is 3.25. The predicted molar refractivity (Wildman–Crippen MR) is 246 cm³/mol. The highest BCUT2D eigenvalue weighted by molar-refractivity contribution is 5.78. The molecule has 0 aromatic rings. The Balaban J connectivity index is 2.30. The molecule has 0 aromatic carbocycles. The highest BCUT2D eigenvalue weighted by Gasteiger charge is 2.44. The first kappa shape index (κ1) is 57.8. The normalized spacial score (nSPS) is 20.8. The van der Waals surface area contributed by atoms with E-state index in [0.29, 0.717) is 25.0 Å². The Hall–Kier alpha value is -1.18. The van der Waals surface area contributed by atoms with Crippen LogP contribution in [0.3, 0.4) is 0 Å². The molecule has 7 N–H and O–H groups in total. The standard InChI is InChI=1S/C50H97NO10/c1-3-5-7-9-11-13-15-17-18-20-23-27-31-35-41(53)36-32-28-24-22-26-30-34-38-45(55)51-42(40-60-50-49(59)48(58)47(57)44(39-52)61-50)46(56)43(54)37-33-29-25-21-19-16-14-12-10-8-6-4-2/h42-44,46-50,52,54,56-59H,3-40H2,1-2H3,(H,51,55)/t42-,43+,44?,46-,47-,48-,49?,50-/m0/s1. The molecule has 1 aliphatic rings. The van der Waals surface area contributed by atoms with E-state index in [1.54, 1.807) is 0 Å². The van der Waals surface area contributed by atoms with Gasteiger partial charge in [0.2, 0.25) is 5.91 Å². The molecule has 1 fully saturated rings. The summed E-state index contributed by atoms with van der Waals surface area (Å²) in [5.41, 5.74) is 0. The van der Waals surface area contributed by atoms with Crippen molar-refractivity contribution in [3.63, 3.8) is 0 Å². The summed E-state index contributed by atoms with van der Waals surface area (Å²) in [6.07, 6.45) is 30.1. The summed E-state index contributed by atoms with van der Waals surface area (Å²) in [5.74, 6) is 0.106. The van der Waals surface area contributed by atoms with Gasteiger partial charge in [-0.25, -0.2) is 0 Å². The molecule has 0 aliphatic carbocycles. The molecule has 61 heavy (non-hydrogen) atoms. The molecule has 0 bridgehead atoms. The van der Waals surface area contributed by atoms with Gasteiger partial charge in [0.25, 0.3) is 0 Å². The highest BCUT2D eigenvalue weighted by atomic mass is 16.7. The first-order valence-corrected chi connectivity index (χ1v) is 25.7.